The van der Waals surface area contributed by atoms with Gasteiger partial charge in [0.1, 0.15) is 0 Å². The van der Waals surface area contributed by atoms with Gasteiger partial charge in [-0.3, -0.25) is 4.79 Å². The zero-order valence-corrected chi connectivity index (χ0v) is 15.3. The molecule has 0 spiro atoms. The van der Waals surface area contributed by atoms with Crippen LogP contribution >= 0.6 is 12.4 Å². The molecule has 3 N–H and O–H groups in total. The van der Waals surface area contributed by atoms with Crippen LogP contribution in [0.1, 0.15) is 30.0 Å². The number of halogens is 1. The standard InChI is InChI=1S/C20H25N3O.ClH/c1-23-14-12-20(21,13-15-23)19(24)22-18(16-8-4-2-5-9-16)17-10-6-3-7-11-17;/h2-11,18H,12-15,21H2,1H3,(H,22,24);1H. The van der Waals surface area contributed by atoms with Gasteiger partial charge in [0.05, 0.1) is 11.6 Å². The Labute approximate surface area is 155 Å². The van der Waals surface area contributed by atoms with E-state index in [0.717, 1.165) is 24.2 Å². The van der Waals surface area contributed by atoms with E-state index in [9.17, 15) is 4.79 Å². The third-order valence-electron chi connectivity index (χ3n) is 4.87. The van der Waals surface area contributed by atoms with E-state index in [2.05, 4.69) is 17.3 Å². The second kappa shape index (κ2) is 8.48. The van der Waals surface area contributed by atoms with Crippen molar-refractivity contribution in [2.45, 2.75) is 24.4 Å². The molecule has 1 fully saturated rings. The molecule has 0 aliphatic carbocycles. The highest BCUT2D eigenvalue weighted by Crippen LogP contribution is 2.25. The van der Waals surface area contributed by atoms with Gasteiger partial charge in [-0.15, -0.1) is 12.4 Å². The fraction of sp³-hybridized carbons (Fsp3) is 0.350. The molecule has 0 atom stereocenters. The maximum atomic E-state index is 12.9. The van der Waals surface area contributed by atoms with Crippen molar-refractivity contribution >= 4 is 18.3 Å². The fourth-order valence-electron chi connectivity index (χ4n) is 3.17. The first kappa shape index (κ1) is 19.4. The van der Waals surface area contributed by atoms with Gasteiger partial charge in [0.25, 0.3) is 0 Å². The molecule has 1 aliphatic heterocycles. The predicted octanol–water partition coefficient (Wildman–Crippen LogP) is 2.74. The maximum Gasteiger partial charge on any atom is 0.240 e. The number of hydrogen-bond donors (Lipinski definition) is 2. The van der Waals surface area contributed by atoms with Gasteiger partial charge in [-0.2, -0.15) is 0 Å². The molecule has 25 heavy (non-hydrogen) atoms. The Morgan fingerprint density at radius 2 is 1.44 bits per heavy atom. The fourth-order valence-corrected chi connectivity index (χ4v) is 3.17. The summed E-state index contributed by atoms with van der Waals surface area (Å²) in [4.78, 5) is 15.1. The van der Waals surface area contributed by atoms with Crippen LogP contribution < -0.4 is 11.1 Å². The number of rotatable bonds is 4. The lowest BCUT2D eigenvalue weighted by molar-refractivity contribution is -0.128. The number of likely N-dealkylation sites (tertiary alicyclic amines) is 1. The molecule has 1 aliphatic rings. The first-order valence-electron chi connectivity index (χ1n) is 8.47. The van der Waals surface area contributed by atoms with Crippen LogP contribution in [0.15, 0.2) is 60.7 Å². The monoisotopic (exact) mass is 359 g/mol. The molecule has 4 nitrogen and oxygen atoms in total. The van der Waals surface area contributed by atoms with Gasteiger partial charge in [-0.1, -0.05) is 60.7 Å². The molecule has 1 saturated heterocycles. The van der Waals surface area contributed by atoms with Gasteiger partial charge >= 0.3 is 0 Å². The van der Waals surface area contributed by atoms with Crippen molar-refractivity contribution in [3.8, 4) is 0 Å². The van der Waals surface area contributed by atoms with Crippen molar-refractivity contribution in [3.63, 3.8) is 0 Å². The molecule has 0 unspecified atom stereocenters. The summed E-state index contributed by atoms with van der Waals surface area (Å²) in [7, 11) is 2.06. The van der Waals surface area contributed by atoms with Gasteiger partial charge in [0.15, 0.2) is 0 Å². The minimum absolute atomic E-state index is 0. The van der Waals surface area contributed by atoms with Crippen molar-refractivity contribution in [2.24, 2.45) is 5.73 Å². The molecule has 0 saturated carbocycles. The smallest absolute Gasteiger partial charge is 0.240 e. The van der Waals surface area contributed by atoms with E-state index in [0.29, 0.717) is 12.8 Å². The summed E-state index contributed by atoms with van der Waals surface area (Å²) >= 11 is 0. The highest BCUT2D eigenvalue weighted by atomic mass is 35.5. The summed E-state index contributed by atoms with van der Waals surface area (Å²) in [6, 6.07) is 19.9. The summed E-state index contributed by atoms with van der Waals surface area (Å²) < 4.78 is 0. The Balaban J connectivity index is 0.00000225. The Morgan fingerprint density at radius 1 is 1.00 bits per heavy atom. The lowest BCUT2D eigenvalue weighted by Gasteiger charge is -2.37. The summed E-state index contributed by atoms with van der Waals surface area (Å²) in [5, 5.41) is 3.19. The van der Waals surface area contributed by atoms with Crippen molar-refractivity contribution in [3.05, 3.63) is 71.8 Å². The molecule has 0 radical (unpaired) electrons. The molecule has 0 aromatic heterocycles. The maximum absolute atomic E-state index is 12.9. The second-order valence-corrected chi connectivity index (χ2v) is 6.69. The largest absolute Gasteiger partial charge is 0.344 e. The van der Waals surface area contributed by atoms with Crippen LogP contribution in [0.4, 0.5) is 0 Å². The Morgan fingerprint density at radius 3 is 1.88 bits per heavy atom. The third kappa shape index (κ3) is 4.60. The number of piperidine rings is 1. The van der Waals surface area contributed by atoms with Crippen LogP contribution in [0.5, 0.6) is 0 Å². The van der Waals surface area contributed by atoms with Crippen LogP contribution in [0, 0.1) is 0 Å². The lowest BCUT2D eigenvalue weighted by Crippen LogP contribution is -2.59. The highest BCUT2D eigenvalue weighted by molar-refractivity contribution is 5.87. The van der Waals surface area contributed by atoms with Gasteiger partial charge < -0.3 is 16.0 Å². The zero-order chi connectivity index (χ0) is 17.0. The predicted molar refractivity (Wildman–Crippen MR) is 104 cm³/mol. The van der Waals surface area contributed by atoms with Gasteiger partial charge in [-0.05, 0) is 31.0 Å². The Bertz CT molecular complexity index is 630. The average molecular weight is 360 g/mol. The van der Waals surface area contributed by atoms with Gasteiger partial charge in [0.2, 0.25) is 5.91 Å². The molecule has 5 heteroatoms. The topological polar surface area (TPSA) is 58.4 Å². The number of carbonyl (C=O) groups excluding carboxylic acids is 1. The van der Waals surface area contributed by atoms with Crippen LogP contribution in [-0.4, -0.2) is 36.5 Å². The van der Waals surface area contributed by atoms with E-state index in [-0.39, 0.29) is 24.4 Å². The third-order valence-corrected chi connectivity index (χ3v) is 4.87. The summed E-state index contributed by atoms with van der Waals surface area (Å²) in [6.45, 7) is 1.70. The van der Waals surface area contributed by atoms with Crippen LogP contribution in [0.2, 0.25) is 0 Å². The van der Waals surface area contributed by atoms with E-state index in [1.54, 1.807) is 0 Å². The average Bonchev–Trinajstić information content (AvgIpc) is 2.63. The number of nitrogens with zero attached hydrogens (tertiary/aromatic N) is 1. The van der Waals surface area contributed by atoms with Crippen molar-refractivity contribution in [1.82, 2.24) is 10.2 Å². The Kier molecular flexibility index (Phi) is 6.59. The van der Waals surface area contributed by atoms with Gasteiger partial charge in [-0.25, -0.2) is 0 Å². The molecule has 1 heterocycles. The highest BCUT2D eigenvalue weighted by Gasteiger charge is 2.38. The zero-order valence-electron chi connectivity index (χ0n) is 14.5. The van der Waals surface area contributed by atoms with E-state index in [1.165, 1.54) is 0 Å². The van der Waals surface area contributed by atoms with Crippen molar-refractivity contribution in [2.75, 3.05) is 20.1 Å². The molecule has 2 aromatic carbocycles. The second-order valence-electron chi connectivity index (χ2n) is 6.69. The van der Waals surface area contributed by atoms with E-state index in [4.69, 9.17) is 5.73 Å². The van der Waals surface area contributed by atoms with E-state index >= 15 is 0 Å². The summed E-state index contributed by atoms with van der Waals surface area (Å²) in [6.07, 6.45) is 1.37. The van der Waals surface area contributed by atoms with Crippen LogP contribution in [0.25, 0.3) is 0 Å². The molecular weight excluding hydrogens is 334 g/mol. The minimum Gasteiger partial charge on any atom is -0.344 e. The first-order valence-corrected chi connectivity index (χ1v) is 8.47. The molecule has 3 rings (SSSR count). The number of hydrogen-bond acceptors (Lipinski definition) is 3. The molecular formula is C20H26ClN3O. The number of nitrogens with one attached hydrogen (secondary N) is 1. The van der Waals surface area contributed by atoms with Gasteiger partial charge in [0, 0.05) is 13.1 Å². The first-order chi connectivity index (χ1) is 11.6. The quantitative estimate of drug-likeness (QED) is 0.882. The number of carbonyl (C=O) groups is 1. The van der Waals surface area contributed by atoms with Crippen LogP contribution in [0.3, 0.4) is 0 Å². The lowest BCUT2D eigenvalue weighted by atomic mass is 9.87. The normalized spacial score (nSPS) is 16.9. The van der Waals surface area contributed by atoms with Crippen molar-refractivity contribution < 1.29 is 4.79 Å². The van der Waals surface area contributed by atoms with Crippen LogP contribution in [-0.2, 0) is 4.79 Å². The number of amides is 1. The SMILES string of the molecule is CN1CCC(N)(C(=O)NC(c2ccccc2)c2ccccc2)CC1.Cl. The molecule has 1 amide bonds. The summed E-state index contributed by atoms with van der Waals surface area (Å²) in [5.74, 6) is -0.0618. The summed E-state index contributed by atoms with van der Waals surface area (Å²) in [5.41, 5.74) is 7.77. The molecule has 0 bridgehead atoms. The molecule has 2 aromatic rings. The number of benzene rings is 2. The van der Waals surface area contributed by atoms with Crippen molar-refractivity contribution in [1.29, 1.82) is 0 Å². The van der Waals surface area contributed by atoms with E-state index < -0.39 is 5.54 Å². The molecule has 134 valence electrons. The minimum atomic E-state index is -0.783. The Hall–Kier alpha value is -1.88. The van der Waals surface area contributed by atoms with E-state index in [1.807, 2.05) is 60.7 Å². The number of nitrogens with two attached hydrogens (primary N) is 1.